The quantitative estimate of drug-likeness (QED) is 0.176. The predicted octanol–water partition coefficient (Wildman–Crippen LogP) is 8.24. The van der Waals surface area contributed by atoms with Crippen LogP contribution < -0.4 is 10.6 Å². The van der Waals surface area contributed by atoms with Gasteiger partial charge in [-0.2, -0.15) is 10.2 Å². The van der Waals surface area contributed by atoms with Gasteiger partial charge in [-0.25, -0.2) is 8.42 Å². The molecule has 53 heavy (non-hydrogen) atoms. The van der Waals surface area contributed by atoms with Gasteiger partial charge in [0.15, 0.2) is 9.84 Å². The maximum Gasteiger partial charge on any atom is 0.175 e. The molecule has 0 bridgehead atoms. The van der Waals surface area contributed by atoms with E-state index >= 15 is 0 Å². The van der Waals surface area contributed by atoms with E-state index in [1.807, 2.05) is 103 Å². The number of nitrogens with one attached hydrogen (secondary N) is 2. The van der Waals surface area contributed by atoms with E-state index in [0.29, 0.717) is 4.90 Å². The maximum absolute atomic E-state index is 11.9. The van der Waals surface area contributed by atoms with Gasteiger partial charge in [-0.05, 0) is 84.6 Å². The van der Waals surface area contributed by atoms with E-state index in [9.17, 15) is 8.42 Å². The molecule has 0 spiro atoms. The summed E-state index contributed by atoms with van der Waals surface area (Å²) in [5.74, 6) is 4.07. The number of sulfone groups is 1. The second-order valence-corrected chi connectivity index (χ2v) is 18.4. The average molecular weight is 830 g/mol. The highest BCUT2D eigenvalue weighted by Crippen LogP contribution is 2.48. The van der Waals surface area contributed by atoms with Gasteiger partial charge in [-0.3, -0.25) is 19.3 Å². The summed E-state index contributed by atoms with van der Waals surface area (Å²) in [7, 11) is 0.702. The highest BCUT2D eigenvalue weighted by molar-refractivity contribution is 9.10. The fourth-order valence-corrected chi connectivity index (χ4v) is 10.6. The number of pyridine rings is 2. The standard InChI is InChI=1S/C20H22N4O2S2.C19H19BrN4S/c1-13-12-14(28(3,25)26)7-8-15(13)19-17-18(16-6-4-5-9-21-16)23-24(2)20(17)22-10-11-27-19;1-12-11-13(20)6-7-14(12)18-16-17(15-5-3-4-8-21-15)23-24(2)19(16)22-9-10-25-18/h4-9,12,19,22H,10-11H2,1-3H3;3-8,11,18,22H,9-10H2,1-2H3. The number of thioether (sulfide) groups is 2. The zero-order valence-corrected chi connectivity index (χ0v) is 34.2. The summed E-state index contributed by atoms with van der Waals surface area (Å²) in [6.45, 7) is 5.93. The molecule has 8 rings (SSSR count). The number of fused-ring (bicyclic) bond motifs is 2. The molecule has 0 aliphatic carbocycles. The lowest BCUT2D eigenvalue weighted by Crippen LogP contribution is -2.06. The van der Waals surface area contributed by atoms with Gasteiger partial charge in [-0.1, -0.05) is 40.2 Å². The van der Waals surface area contributed by atoms with E-state index < -0.39 is 9.84 Å². The Morgan fingerprint density at radius 1 is 0.717 bits per heavy atom. The van der Waals surface area contributed by atoms with Crippen LogP contribution in [0.3, 0.4) is 0 Å². The van der Waals surface area contributed by atoms with E-state index in [-0.39, 0.29) is 10.5 Å². The minimum absolute atomic E-state index is 0.0457. The van der Waals surface area contributed by atoms with Gasteiger partial charge in [0.05, 0.1) is 26.8 Å². The lowest BCUT2D eigenvalue weighted by Gasteiger charge is -2.19. The largest absolute Gasteiger partial charge is 0.369 e. The van der Waals surface area contributed by atoms with Crippen molar-refractivity contribution in [3.63, 3.8) is 0 Å². The van der Waals surface area contributed by atoms with Crippen molar-refractivity contribution >= 4 is 60.9 Å². The number of rotatable bonds is 5. The molecule has 2 unspecified atom stereocenters. The number of aromatic nitrogens is 6. The Morgan fingerprint density at radius 3 is 1.64 bits per heavy atom. The number of aryl methyl sites for hydroxylation is 4. The Balaban J connectivity index is 0.000000165. The highest BCUT2D eigenvalue weighted by Gasteiger charge is 2.32. The molecule has 0 radical (unpaired) electrons. The van der Waals surface area contributed by atoms with Crippen molar-refractivity contribution in [3.8, 4) is 22.8 Å². The SMILES string of the molecule is Cc1cc(Br)ccc1C1SCCNc2c1c(-c1ccccn1)nn2C.Cc1cc(S(C)(=O)=O)ccc1C1SCCNc2c1c(-c1ccccn1)nn2C. The second-order valence-electron chi connectivity index (χ2n) is 13.0. The molecule has 0 amide bonds. The molecule has 0 saturated heterocycles. The summed E-state index contributed by atoms with van der Waals surface area (Å²) in [6, 6.07) is 23.7. The summed E-state index contributed by atoms with van der Waals surface area (Å²) < 4.78 is 28.8. The number of hydrogen-bond acceptors (Lipinski definition) is 10. The Hall–Kier alpha value is -4.11. The van der Waals surface area contributed by atoms with Gasteiger partial charge in [0, 0.05) is 72.9 Å². The fraction of sp³-hybridized carbons (Fsp3) is 0.282. The summed E-state index contributed by atoms with van der Waals surface area (Å²) in [5, 5.41) is 16.9. The minimum atomic E-state index is -3.23. The van der Waals surface area contributed by atoms with Gasteiger partial charge < -0.3 is 10.6 Å². The van der Waals surface area contributed by atoms with Crippen molar-refractivity contribution < 1.29 is 8.42 Å². The number of anilines is 2. The Kier molecular flexibility index (Phi) is 11.0. The summed E-state index contributed by atoms with van der Waals surface area (Å²) in [5.41, 5.74) is 10.6. The number of nitrogens with zero attached hydrogens (tertiary/aromatic N) is 6. The van der Waals surface area contributed by atoms with Crippen LogP contribution in [-0.4, -0.2) is 68.8 Å². The van der Waals surface area contributed by atoms with Crippen LogP contribution in [0.15, 0.2) is 94.6 Å². The van der Waals surface area contributed by atoms with Crippen LogP contribution in [0.25, 0.3) is 22.8 Å². The molecule has 2 atom stereocenters. The molecule has 14 heteroatoms. The first-order valence-corrected chi connectivity index (χ1v) is 22.0. The van der Waals surface area contributed by atoms with Crippen LogP contribution in [0.5, 0.6) is 0 Å². The van der Waals surface area contributed by atoms with Gasteiger partial charge in [0.1, 0.15) is 23.0 Å². The molecular weight excluding hydrogens is 789 g/mol. The first kappa shape index (κ1) is 37.2. The predicted molar refractivity (Wildman–Crippen MR) is 222 cm³/mol. The van der Waals surface area contributed by atoms with Gasteiger partial charge >= 0.3 is 0 Å². The minimum Gasteiger partial charge on any atom is -0.369 e. The summed E-state index contributed by atoms with van der Waals surface area (Å²) in [4.78, 5) is 9.40. The van der Waals surface area contributed by atoms with Crippen LogP contribution >= 0.6 is 39.5 Å². The zero-order chi connectivity index (χ0) is 37.3. The summed E-state index contributed by atoms with van der Waals surface area (Å²) in [6.07, 6.45) is 4.84. The topological polar surface area (TPSA) is 120 Å². The molecule has 4 aromatic heterocycles. The zero-order valence-electron chi connectivity index (χ0n) is 30.2. The van der Waals surface area contributed by atoms with Crippen LogP contribution in [0, 0.1) is 13.8 Å². The van der Waals surface area contributed by atoms with E-state index in [0.717, 1.165) is 80.2 Å². The number of benzene rings is 2. The van der Waals surface area contributed by atoms with Crippen molar-refractivity contribution in [2.45, 2.75) is 29.2 Å². The Morgan fingerprint density at radius 2 is 1.21 bits per heavy atom. The normalized spacial score (nSPS) is 16.9. The van der Waals surface area contributed by atoms with Crippen molar-refractivity contribution in [2.24, 2.45) is 14.1 Å². The van der Waals surface area contributed by atoms with Crippen molar-refractivity contribution in [1.29, 1.82) is 0 Å². The number of halogens is 1. The lowest BCUT2D eigenvalue weighted by molar-refractivity contribution is 0.601. The van der Waals surface area contributed by atoms with Crippen LogP contribution in [0.1, 0.15) is 43.9 Å². The van der Waals surface area contributed by atoms with E-state index in [1.165, 1.54) is 22.9 Å². The van der Waals surface area contributed by atoms with E-state index in [1.54, 1.807) is 18.3 Å². The van der Waals surface area contributed by atoms with E-state index in [2.05, 4.69) is 61.7 Å². The highest BCUT2D eigenvalue weighted by atomic mass is 79.9. The summed E-state index contributed by atoms with van der Waals surface area (Å²) >= 11 is 7.38. The van der Waals surface area contributed by atoms with Crippen molar-refractivity contribution in [1.82, 2.24) is 29.5 Å². The Bertz CT molecular complexity index is 2370. The van der Waals surface area contributed by atoms with Crippen LogP contribution in [0.2, 0.25) is 0 Å². The third-order valence-electron chi connectivity index (χ3n) is 9.33. The third kappa shape index (κ3) is 7.78. The first-order valence-electron chi connectivity index (χ1n) is 17.3. The molecule has 0 saturated carbocycles. The average Bonchev–Trinajstić information content (AvgIpc) is 3.42. The molecule has 2 N–H and O–H groups in total. The molecule has 2 aliphatic heterocycles. The van der Waals surface area contributed by atoms with Gasteiger partial charge in [-0.15, -0.1) is 23.5 Å². The smallest absolute Gasteiger partial charge is 0.175 e. The lowest BCUT2D eigenvalue weighted by atomic mass is 9.98. The monoisotopic (exact) mass is 828 g/mol. The van der Waals surface area contributed by atoms with Crippen molar-refractivity contribution in [3.05, 3.63) is 123 Å². The third-order valence-corrected chi connectivity index (χ3v) is 13.5. The number of hydrogen-bond donors (Lipinski definition) is 2. The molecular formula is C39H41BrN8O2S3. The van der Waals surface area contributed by atoms with Gasteiger partial charge in [0.25, 0.3) is 0 Å². The second kappa shape index (κ2) is 15.7. The fourth-order valence-electron chi connectivity index (χ4n) is 6.84. The molecule has 10 nitrogen and oxygen atoms in total. The van der Waals surface area contributed by atoms with Crippen LogP contribution in [0.4, 0.5) is 11.6 Å². The Labute approximate surface area is 327 Å². The maximum atomic E-state index is 11.9. The molecule has 274 valence electrons. The molecule has 2 aromatic carbocycles. The first-order chi connectivity index (χ1) is 25.5. The van der Waals surface area contributed by atoms with Gasteiger partial charge in [0.2, 0.25) is 0 Å². The van der Waals surface area contributed by atoms with E-state index in [4.69, 9.17) is 10.2 Å². The van der Waals surface area contributed by atoms with Crippen LogP contribution in [-0.2, 0) is 23.9 Å². The molecule has 6 aromatic rings. The molecule has 2 aliphatic rings. The van der Waals surface area contributed by atoms with Crippen molar-refractivity contribution in [2.75, 3.05) is 41.5 Å². The molecule has 0 fully saturated rings. The molecule has 6 heterocycles.